The molecule has 0 saturated heterocycles. The van der Waals surface area contributed by atoms with Crippen LogP contribution in [0.5, 0.6) is 0 Å². The number of anilines is 1. The maximum Gasteiger partial charge on any atom is 0.243 e. The molecule has 3 rings (SSSR count). The highest BCUT2D eigenvalue weighted by atomic mass is 79.9. The second-order valence-corrected chi connectivity index (χ2v) is 13.6. The predicted molar refractivity (Wildman–Crippen MR) is 136 cm³/mol. The largest absolute Gasteiger partial charge is 0.325 e. The Morgan fingerprint density at radius 1 is 0.941 bits per heavy atom. The summed E-state index contributed by atoms with van der Waals surface area (Å²) in [6, 6.07) is 10.6. The molecule has 186 valence electrons. The number of halogens is 1. The van der Waals surface area contributed by atoms with Crippen molar-refractivity contribution in [3.05, 3.63) is 52.5 Å². The van der Waals surface area contributed by atoms with Gasteiger partial charge >= 0.3 is 0 Å². The highest BCUT2D eigenvalue weighted by Crippen LogP contribution is 2.29. The normalized spacial score (nSPS) is 15.6. The summed E-state index contributed by atoms with van der Waals surface area (Å²) in [6.07, 6.45) is 4.24. The van der Waals surface area contributed by atoms with Gasteiger partial charge in [-0.25, -0.2) is 21.1 Å². The minimum absolute atomic E-state index is 0.0463. The molecule has 0 spiro atoms. The molecular weight excluding hydrogens is 542 g/mol. The smallest absolute Gasteiger partial charge is 0.243 e. The molecule has 0 heterocycles. The Labute approximate surface area is 210 Å². The maximum absolute atomic E-state index is 13.5. The van der Waals surface area contributed by atoms with E-state index in [9.17, 15) is 21.6 Å². The topological polar surface area (TPSA) is 104 Å². The van der Waals surface area contributed by atoms with Crippen molar-refractivity contribution in [1.82, 2.24) is 8.61 Å². The average molecular weight is 573 g/mol. The zero-order valence-corrected chi connectivity index (χ0v) is 22.7. The molecule has 0 bridgehead atoms. The van der Waals surface area contributed by atoms with Crippen LogP contribution in [0.15, 0.2) is 56.7 Å². The average Bonchev–Trinajstić information content (AvgIpc) is 2.79. The van der Waals surface area contributed by atoms with Gasteiger partial charge in [0.05, 0.1) is 16.3 Å². The molecule has 0 aliphatic heterocycles. The van der Waals surface area contributed by atoms with Crippen LogP contribution in [0.25, 0.3) is 0 Å². The van der Waals surface area contributed by atoms with Gasteiger partial charge < -0.3 is 5.32 Å². The standard InChI is InChI=1S/C23H30BrN3O5S2/c1-17-9-12-21(33(29,30)26(2)3)15-22(17)25-23(28)16-27(19-7-5-4-6-8-19)34(31,32)20-13-10-18(24)11-14-20/h9-15,19H,4-8,16H2,1-3H3,(H,25,28). The lowest BCUT2D eigenvalue weighted by Crippen LogP contribution is -2.45. The summed E-state index contributed by atoms with van der Waals surface area (Å²) in [5.41, 5.74) is 1.00. The predicted octanol–water partition coefficient (Wildman–Crippen LogP) is 3.97. The van der Waals surface area contributed by atoms with Crippen LogP contribution in [0.3, 0.4) is 0 Å². The van der Waals surface area contributed by atoms with Crippen LogP contribution in [0, 0.1) is 6.92 Å². The van der Waals surface area contributed by atoms with Gasteiger partial charge in [-0.2, -0.15) is 4.31 Å². The van der Waals surface area contributed by atoms with Gasteiger partial charge in [0.25, 0.3) is 0 Å². The van der Waals surface area contributed by atoms with Crippen molar-refractivity contribution in [3.8, 4) is 0 Å². The number of aryl methyl sites for hydroxylation is 1. The van der Waals surface area contributed by atoms with E-state index in [1.807, 2.05) is 0 Å². The van der Waals surface area contributed by atoms with E-state index >= 15 is 0 Å². The number of hydrogen-bond donors (Lipinski definition) is 1. The van der Waals surface area contributed by atoms with Gasteiger partial charge in [-0.3, -0.25) is 4.79 Å². The second kappa shape index (κ2) is 10.9. The van der Waals surface area contributed by atoms with Crippen molar-refractivity contribution in [2.24, 2.45) is 0 Å². The van der Waals surface area contributed by atoms with Crippen molar-refractivity contribution in [1.29, 1.82) is 0 Å². The van der Waals surface area contributed by atoms with Crippen LogP contribution < -0.4 is 5.32 Å². The van der Waals surface area contributed by atoms with Crippen LogP contribution in [0.1, 0.15) is 37.7 Å². The number of sulfonamides is 2. The first-order valence-electron chi connectivity index (χ1n) is 11.0. The Balaban J connectivity index is 1.89. The molecule has 1 saturated carbocycles. The molecular formula is C23H30BrN3O5S2. The van der Waals surface area contributed by atoms with Gasteiger partial charge in [0.2, 0.25) is 26.0 Å². The third kappa shape index (κ3) is 6.06. The van der Waals surface area contributed by atoms with Gasteiger partial charge in [0.15, 0.2) is 0 Å². The highest BCUT2D eigenvalue weighted by molar-refractivity contribution is 9.10. The quantitative estimate of drug-likeness (QED) is 0.516. The van der Waals surface area contributed by atoms with E-state index in [1.165, 1.54) is 42.7 Å². The van der Waals surface area contributed by atoms with Gasteiger partial charge in [-0.15, -0.1) is 0 Å². The van der Waals surface area contributed by atoms with Crippen molar-refractivity contribution < 1.29 is 21.6 Å². The highest BCUT2D eigenvalue weighted by Gasteiger charge is 2.34. The monoisotopic (exact) mass is 571 g/mol. The number of carbonyl (C=O) groups excluding carboxylic acids is 1. The summed E-state index contributed by atoms with van der Waals surface area (Å²) < 4.78 is 55.2. The fourth-order valence-electron chi connectivity index (χ4n) is 3.96. The number of carbonyl (C=O) groups is 1. The lowest BCUT2D eigenvalue weighted by Gasteiger charge is -2.33. The van der Waals surface area contributed by atoms with E-state index in [4.69, 9.17) is 0 Å². The summed E-state index contributed by atoms with van der Waals surface area (Å²) in [6.45, 7) is 1.40. The summed E-state index contributed by atoms with van der Waals surface area (Å²) in [5, 5.41) is 2.73. The van der Waals surface area contributed by atoms with E-state index < -0.39 is 26.0 Å². The number of amides is 1. The molecule has 1 N–H and O–H groups in total. The number of hydrogen-bond acceptors (Lipinski definition) is 5. The zero-order valence-electron chi connectivity index (χ0n) is 19.5. The van der Waals surface area contributed by atoms with E-state index in [0.29, 0.717) is 24.1 Å². The Bertz CT molecular complexity index is 1240. The molecule has 8 nitrogen and oxygen atoms in total. The molecule has 1 aliphatic rings. The fraction of sp³-hybridized carbons (Fsp3) is 0.435. The molecule has 11 heteroatoms. The Hall–Kier alpha value is -1.79. The Morgan fingerprint density at radius 3 is 2.12 bits per heavy atom. The minimum Gasteiger partial charge on any atom is -0.325 e. The first kappa shape index (κ1) is 26.8. The van der Waals surface area contributed by atoms with Crippen molar-refractivity contribution in [3.63, 3.8) is 0 Å². The molecule has 2 aromatic carbocycles. The maximum atomic E-state index is 13.5. The first-order valence-corrected chi connectivity index (χ1v) is 14.7. The summed E-state index contributed by atoms with van der Waals surface area (Å²) in [7, 11) is -4.73. The molecule has 1 aliphatic carbocycles. The van der Waals surface area contributed by atoms with E-state index in [2.05, 4.69) is 21.2 Å². The van der Waals surface area contributed by atoms with E-state index in [1.54, 1.807) is 25.1 Å². The number of nitrogens with zero attached hydrogens (tertiary/aromatic N) is 2. The molecule has 1 fully saturated rings. The summed E-state index contributed by atoms with van der Waals surface area (Å²) in [4.78, 5) is 13.2. The summed E-state index contributed by atoms with van der Waals surface area (Å²) >= 11 is 3.32. The summed E-state index contributed by atoms with van der Waals surface area (Å²) in [5.74, 6) is -0.520. The molecule has 0 atom stereocenters. The first-order chi connectivity index (χ1) is 15.9. The molecule has 0 unspecified atom stereocenters. The fourth-order valence-corrected chi connectivity index (χ4v) is 6.79. The lowest BCUT2D eigenvalue weighted by molar-refractivity contribution is -0.116. The molecule has 34 heavy (non-hydrogen) atoms. The SMILES string of the molecule is Cc1ccc(S(=O)(=O)N(C)C)cc1NC(=O)CN(C1CCCCC1)S(=O)(=O)c1ccc(Br)cc1. The minimum atomic E-state index is -3.91. The van der Waals surface area contributed by atoms with E-state index in [0.717, 1.165) is 28.0 Å². The molecule has 2 aromatic rings. The molecule has 0 aromatic heterocycles. The zero-order chi connectivity index (χ0) is 25.1. The van der Waals surface area contributed by atoms with Crippen LogP contribution in [0.4, 0.5) is 5.69 Å². The number of benzene rings is 2. The van der Waals surface area contributed by atoms with Gasteiger partial charge in [0, 0.05) is 30.3 Å². The third-order valence-corrected chi connectivity index (χ3v) is 10.2. The Morgan fingerprint density at radius 2 is 1.53 bits per heavy atom. The Kier molecular flexibility index (Phi) is 8.56. The van der Waals surface area contributed by atoms with Crippen molar-refractivity contribution in [2.75, 3.05) is 26.0 Å². The second-order valence-electron chi connectivity index (χ2n) is 8.61. The third-order valence-electron chi connectivity index (χ3n) is 5.96. The van der Waals surface area contributed by atoms with Crippen LogP contribution in [-0.4, -0.2) is 58.0 Å². The van der Waals surface area contributed by atoms with Crippen LogP contribution >= 0.6 is 15.9 Å². The molecule has 0 radical (unpaired) electrons. The number of nitrogens with one attached hydrogen (secondary N) is 1. The molecule has 1 amide bonds. The van der Waals surface area contributed by atoms with Gasteiger partial charge in [-0.05, 0) is 61.7 Å². The van der Waals surface area contributed by atoms with Crippen molar-refractivity contribution in [2.45, 2.75) is 54.9 Å². The number of rotatable bonds is 8. The van der Waals surface area contributed by atoms with Gasteiger partial charge in [-0.1, -0.05) is 41.3 Å². The van der Waals surface area contributed by atoms with E-state index in [-0.39, 0.29) is 22.4 Å². The van der Waals surface area contributed by atoms with Crippen LogP contribution in [0.2, 0.25) is 0 Å². The van der Waals surface area contributed by atoms with Crippen molar-refractivity contribution >= 4 is 47.6 Å². The van der Waals surface area contributed by atoms with Gasteiger partial charge in [0.1, 0.15) is 0 Å². The lowest BCUT2D eigenvalue weighted by atomic mass is 9.95. The van der Waals surface area contributed by atoms with Crippen LogP contribution in [-0.2, 0) is 24.8 Å².